The van der Waals surface area contributed by atoms with Gasteiger partial charge >= 0.3 is 5.97 Å². The van der Waals surface area contributed by atoms with Crippen molar-refractivity contribution in [3.05, 3.63) is 46.5 Å². The Morgan fingerprint density at radius 3 is 2.92 bits per heavy atom. The topological polar surface area (TPSA) is 37.3 Å². The van der Waals surface area contributed by atoms with Gasteiger partial charge in [-0.05, 0) is 24.1 Å². The third-order valence-corrected chi connectivity index (χ3v) is 2.00. The van der Waals surface area contributed by atoms with Crippen LogP contribution in [0.1, 0.15) is 5.56 Å². The van der Waals surface area contributed by atoms with E-state index in [9.17, 15) is 4.79 Å². The van der Waals surface area contributed by atoms with Crippen LogP contribution in [0.15, 0.2) is 40.9 Å². The lowest BCUT2D eigenvalue weighted by Gasteiger charge is -1.95. The normalized spacial score (nSPS) is 10.5. The summed E-state index contributed by atoms with van der Waals surface area (Å²) < 4.78 is 1.01. The fourth-order valence-electron chi connectivity index (χ4n) is 0.960. The summed E-state index contributed by atoms with van der Waals surface area (Å²) in [5.41, 5.74) is 1.09. The summed E-state index contributed by atoms with van der Waals surface area (Å²) >= 11 is 3.34. The third-order valence-electron chi connectivity index (χ3n) is 1.50. The number of rotatable bonds is 3. The molecule has 0 atom stereocenters. The number of aliphatic carboxylic acids is 1. The fraction of sp³-hybridized carbons (Fsp3) is 0.100. The number of carboxylic acid groups (broad SMARTS) is 1. The molecule has 0 aliphatic heterocycles. The minimum atomic E-state index is -0.907. The highest BCUT2D eigenvalue weighted by Gasteiger charge is 1.91. The minimum absolute atomic E-state index is 0.645. The molecular weight excluding hydrogens is 232 g/mol. The quantitative estimate of drug-likeness (QED) is 0.826. The van der Waals surface area contributed by atoms with Gasteiger partial charge < -0.3 is 5.11 Å². The second-order valence-corrected chi connectivity index (χ2v) is 3.49. The van der Waals surface area contributed by atoms with E-state index in [0.29, 0.717) is 6.42 Å². The van der Waals surface area contributed by atoms with E-state index in [1.54, 1.807) is 6.08 Å². The van der Waals surface area contributed by atoms with Crippen LogP contribution in [0.4, 0.5) is 0 Å². The van der Waals surface area contributed by atoms with Crippen LogP contribution in [-0.4, -0.2) is 11.1 Å². The van der Waals surface area contributed by atoms with Gasteiger partial charge in [0.1, 0.15) is 0 Å². The van der Waals surface area contributed by atoms with Crippen molar-refractivity contribution < 1.29 is 9.90 Å². The monoisotopic (exact) mass is 240 g/mol. The zero-order valence-corrected chi connectivity index (χ0v) is 8.49. The van der Waals surface area contributed by atoms with Crippen molar-refractivity contribution in [2.24, 2.45) is 0 Å². The molecule has 0 bridgehead atoms. The molecule has 0 spiro atoms. The molecule has 68 valence electrons. The molecule has 0 aliphatic rings. The number of hydrogen-bond acceptors (Lipinski definition) is 1. The van der Waals surface area contributed by atoms with Gasteiger partial charge in [-0.2, -0.15) is 0 Å². The average Bonchev–Trinajstić information content (AvgIpc) is 2.03. The smallest absolute Gasteiger partial charge is 0.327 e. The first-order valence-corrected chi connectivity index (χ1v) is 4.61. The van der Waals surface area contributed by atoms with Crippen LogP contribution >= 0.6 is 15.9 Å². The summed E-state index contributed by atoms with van der Waals surface area (Å²) in [6.07, 6.45) is 3.43. The van der Waals surface area contributed by atoms with Crippen molar-refractivity contribution in [1.29, 1.82) is 0 Å². The summed E-state index contributed by atoms with van der Waals surface area (Å²) in [6.45, 7) is 0. The van der Waals surface area contributed by atoms with E-state index < -0.39 is 5.97 Å². The molecule has 0 aromatic heterocycles. The largest absolute Gasteiger partial charge is 0.478 e. The predicted octanol–water partition coefficient (Wildman–Crippen LogP) is 2.63. The molecule has 1 N–H and O–H groups in total. The minimum Gasteiger partial charge on any atom is -0.478 e. The number of carbonyl (C=O) groups is 1. The van der Waals surface area contributed by atoms with Crippen molar-refractivity contribution in [2.45, 2.75) is 6.42 Å². The summed E-state index contributed by atoms with van der Waals surface area (Å²) in [7, 11) is 0. The van der Waals surface area contributed by atoms with Crippen LogP contribution in [0.5, 0.6) is 0 Å². The average molecular weight is 241 g/mol. The number of allylic oxidation sites excluding steroid dienone is 1. The Morgan fingerprint density at radius 2 is 2.31 bits per heavy atom. The standard InChI is InChI=1S/C10H9BrO2/c11-9-5-1-3-8(7-9)4-2-6-10(12)13/h1-3,5-7H,4H2,(H,12,13). The van der Waals surface area contributed by atoms with Gasteiger partial charge in [-0.15, -0.1) is 0 Å². The van der Waals surface area contributed by atoms with Crippen LogP contribution < -0.4 is 0 Å². The fourth-order valence-corrected chi connectivity index (χ4v) is 1.41. The molecule has 0 saturated carbocycles. The van der Waals surface area contributed by atoms with Crippen molar-refractivity contribution in [3.63, 3.8) is 0 Å². The van der Waals surface area contributed by atoms with Crippen molar-refractivity contribution >= 4 is 21.9 Å². The maximum absolute atomic E-state index is 10.2. The van der Waals surface area contributed by atoms with Crippen molar-refractivity contribution in [1.82, 2.24) is 0 Å². The van der Waals surface area contributed by atoms with Gasteiger partial charge in [-0.25, -0.2) is 4.79 Å². The Labute approximate surface area is 85.0 Å². The number of carboxylic acids is 1. The molecule has 2 nitrogen and oxygen atoms in total. The van der Waals surface area contributed by atoms with Crippen LogP contribution in [-0.2, 0) is 11.2 Å². The first-order valence-electron chi connectivity index (χ1n) is 3.82. The second-order valence-electron chi connectivity index (χ2n) is 2.57. The zero-order chi connectivity index (χ0) is 9.68. The van der Waals surface area contributed by atoms with Gasteiger partial charge in [0, 0.05) is 10.5 Å². The molecule has 1 rings (SSSR count). The van der Waals surface area contributed by atoms with E-state index in [4.69, 9.17) is 5.11 Å². The lowest BCUT2D eigenvalue weighted by molar-refractivity contribution is -0.131. The van der Waals surface area contributed by atoms with Gasteiger partial charge in [0.15, 0.2) is 0 Å². The van der Waals surface area contributed by atoms with Crippen molar-refractivity contribution in [3.8, 4) is 0 Å². The Kier molecular flexibility index (Phi) is 3.71. The van der Waals surface area contributed by atoms with Crippen molar-refractivity contribution in [2.75, 3.05) is 0 Å². The number of benzene rings is 1. The SMILES string of the molecule is O=C(O)C=CCc1cccc(Br)c1. The summed E-state index contributed by atoms with van der Waals surface area (Å²) in [6, 6.07) is 7.78. The predicted molar refractivity (Wildman–Crippen MR) is 54.6 cm³/mol. The maximum atomic E-state index is 10.2. The molecule has 13 heavy (non-hydrogen) atoms. The van der Waals surface area contributed by atoms with Crippen LogP contribution in [0.2, 0.25) is 0 Å². The summed E-state index contributed by atoms with van der Waals surface area (Å²) in [5.74, 6) is -0.907. The highest BCUT2D eigenvalue weighted by Crippen LogP contribution is 2.12. The molecular formula is C10H9BrO2. The zero-order valence-electron chi connectivity index (χ0n) is 6.90. The number of halogens is 1. The lowest BCUT2D eigenvalue weighted by atomic mass is 10.1. The molecule has 3 heteroatoms. The van der Waals surface area contributed by atoms with Crippen LogP contribution in [0.3, 0.4) is 0 Å². The van der Waals surface area contributed by atoms with E-state index in [1.807, 2.05) is 24.3 Å². The Morgan fingerprint density at radius 1 is 1.54 bits per heavy atom. The Balaban J connectivity index is 2.59. The lowest BCUT2D eigenvalue weighted by Crippen LogP contribution is -1.87. The van der Waals surface area contributed by atoms with E-state index in [2.05, 4.69) is 15.9 Å². The molecule has 0 heterocycles. The van der Waals surface area contributed by atoms with Gasteiger partial charge in [-0.1, -0.05) is 34.1 Å². The third kappa shape index (κ3) is 3.90. The highest BCUT2D eigenvalue weighted by molar-refractivity contribution is 9.10. The highest BCUT2D eigenvalue weighted by atomic mass is 79.9. The van der Waals surface area contributed by atoms with Gasteiger partial charge in [0.05, 0.1) is 0 Å². The Hall–Kier alpha value is -1.09. The van der Waals surface area contributed by atoms with E-state index >= 15 is 0 Å². The van der Waals surface area contributed by atoms with Crippen LogP contribution in [0.25, 0.3) is 0 Å². The maximum Gasteiger partial charge on any atom is 0.327 e. The molecule has 0 radical (unpaired) electrons. The van der Waals surface area contributed by atoms with Gasteiger partial charge in [0.2, 0.25) is 0 Å². The van der Waals surface area contributed by atoms with Gasteiger partial charge in [0.25, 0.3) is 0 Å². The van der Waals surface area contributed by atoms with Gasteiger partial charge in [-0.3, -0.25) is 0 Å². The van der Waals surface area contributed by atoms with E-state index in [0.717, 1.165) is 16.1 Å². The number of hydrogen-bond donors (Lipinski definition) is 1. The Bertz CT molecular complexity index is 331. The molecule has 0 aliphatic carbocycles. The second kappa shape index (κ2) is 4.82. The molecule has 1 aromatic carbocycles. The first-order chi connectivity index (χ1) is 6.18. The molecule has 0 unspecified atom stereocenters. The first kappa shape index (κ1) is 9.99. The van der Waals surface area contributed by atoms with E-state index in [-0.39, 0.29) is 0 Å². The molecule has 0 saturated heterocycles. The molecule has 1 aromatic rings. The van der Waals surface area contributed by atoms with E-state index in [1.165, 1.54) is 0 Å². The molecule has 0 fully saturated rings. The van der Waals surface area contributed by atoms with Crippen LogP contribution in [0, 0.1) is 0 Å². The summed E-state index contributed by atoms with van der Waals surface area (Å²) in [5, 5.41) is 8.35. The molecule has 0 amide bonds. The summed E-state index contributed by atoms with van der Waals surface area (Å²) in [4.78, 5) is 10.2.